The standard InChI is InChI=1S/C12H9ClN2O2S.C2H7N/c13-18(16,17)12-8-6-11(7-9-12)15-14-10-4-2-1-3-5-10;1-3-2/h1-9H;3H,1-2H3. The highest BCUT2D eigenvalue weighted by Gasteiger charge is 2.08. The van der Waals surface area contributed by atoms with Gasteiger partial charge in [-0.1, -0.05) is 18.2 Å². The summed E-state index contributed by atoms with van der Waals surface area (Å²) in [5.74, 6) is 0. The largest absolute Gasteiger partial charge is 0.323 e. The van der Waals surface area contributed by atoms with E-state index in [2.05, 4.69) is 15.5 Å². The monoisotopic (exact) mass is 325 g/mol. The topological polar surface area (TPSA) is 70.9 Å². The van der Waals surface area contributed by atoms with Gasteiger partial charge in [0.2, 0.25) is 0 Å². The molecule has 0 unspecified atom stereocenters. The normalized spacial score (nSPS) is 11.0. The summed E-state index contributed by atoms with van der Waals surface area (Å²) in [7, 11) is 5.27. The second-order valence-electron chi connectivity index (χ2n) is 3.97. The second kappa shape index (κ2) is 8.51. The Bertz CT molecular complexity index is 671. The molecule has 2 aromatic carbocycles. The van der Waals surface area contributed by atoms with Crippen LogP contribution in [-0.4, -0.2) is 22.5 Å². The van der Waals surface area contributed by atoms with Crippen LogP contribution in [0.25, 0.3) is 0 Å². The lowest BCUT2D eigenvalue weighted by Crippen LogP contribution is -1.89. The number of hydrogen-bond acceptors (Lipinski definition) is 5. The minimum absolute atomic E-state index is 0.0443. The van der Waals surface area contributed by atoms with E-state index in [4.69, 9.17) is 10.7 Å². The third kappa shape index (κ3) is 6.48. The van der Waals surface area contributed by atoms with Crippen molar-refractivity contribution in [2.24, 2.45) is 10.2 Å². The van der Waals surface area contributed by atoms with Gasteiger partial charge in [-0.15, -0.1) is 0 Å². The molecule has 0 heterocycles. The van der Waals surface area contributed by atoms with Crippen LogP contribution in [0, 0.1) is 0 Å². The van der Waals surface area contributed by atoms with Gasteiger partial charge in [0, 0.05) is 10.7 Å². The molecule has 7 heteroatoms. The Hall–Kier alpha value is -1.76. The molecule has 112 valence electrons. The highest BCUT2D eigenvalue weighted by Crippen LogP contribution is 2.21. The van der Waals surface area contributed by atoms with Gasteiger partial charge in [0.1, 0.15) is 0 Å². The van der Waals surface area contributed by atoms with Gasteiger partial charge in [-0.05, 0) is 50.5 Å². The molecule has 0 radical (unpaired) electrons. The number of nitrogens with zero attached hydrogens (tertiary/aromatic N) is 2. The molecule has 0 aromatic heterocycles. The van der Waals surface area contributed by atoms with E-state index in [1.807, 2.05) is 44.4 Å². The summed E-state index contributed by atoms with van der Waals surface area (Å²) in [6.45, 7) is 0. The van der Waals surface area contributed by atoms with Crippen molar-refractivity contribution in [1.82, 2.24) is 5.32 Å². The van der Waals surface area contributed by atoms with Gasteiger partial charge in [0.05, 0.1) is 16.3 Å². The van der Waals surface area contributed by atoms with Gasteiger partial charge < -0.3 is 5.32 Å². The fourth-order valence-corrected chi connectivity index (χ4v) is 2.06. The molecule has 0 aliphatic heterocycles. The molecule has 0 saturated heterocycles. The van der Waals surface area contributed by atoms with E-state index < -0.39 is 9.05 Å². The number of nitrogens with one attached hydrogen (secondary N) is 1. The second-order valence-corrected chi connectivity index (χ2v) is 6.53. The molecule has 0 saturated carbocycles. The van der Waals surface area contributed by atoms with Crippen LogP contribution in [0.4, 0.5) is 11.4 Å². The summed E-state index contributed by atoms with van der Waals surface area (Å²) in [5, 5.41) is 10.7. The molecule has 0 atom stereocenters. The Balaban J connectivity index is 0.000000677. The van der Waals surface area contributed by atoms with Crippen LogP contribution in [0.2, 0.25) is 0 Å². The first-order valence-electron chi connectivity index (χ1n) is 6.07. The first-order valence-corrected chi connectivity index (χ1v) is 8.38. The van der Waals surface area contributed by atoms with Crippen molar-refractivity contribution in [3.63, 3.8) is 0 Å². The molecular weight excluding hydrogens is 310 g/mol. The summed E-state index contributed by atoms with van der Waals surface area (Å²) in [4.78, 5) is 0.0443. The number of hydrogen-bond donors (Lipinski definition) is 1. The Kier molecular flexibility index (Phi) is 7.01. The van der Waals surface area contributed by atoms with Crippen molar-refractivity contribution < 1.29 is 8.42 Å². The van der Waals surface area contributed by atoms with E-state index in [1.54, 1.807) is 12.1 Å². The molecule has 0 aliphatic carbocycles. The smallest absolute Gasteiger partial charge is 0.261 e. The zero-order chi connectivity index (χ0) is 15.7. The molecule has 2 rings (SSSR count). The van der Waals surface area contributed by atoms with Crippen molar-refractivity contribution in [2.45, 2.75) is 4.90 Å². The van der Waals surface area contributed by atoms with E-state index in [0.717, 1.165) is 5.69 Å². The van der Waals surface area contributed by atoms with Crippen LogP contribution >= 0.6 is 10.7 Å². The molecule has 0 aliphatic rings. The lowest BCUT2D eigenvalue weighted by atomic mass is 10.3. The molecule has 1 N–H and O–H groups in total. The number of benzene rings is 2. The van der Waals surface area contributed by atoms with Crippen LogP contribution in [0.3, 0.4) is 0 Å². The Morgan fingerprint density at radius 2 is 1.29 bits per heavy atom. The predicted octanol–water partition coefficient (Wildman–Crippen LogP) is 3.87. The molecule has 0 amide bonds. The van der Waals surface area contributed by atoms with Gasteiger partial charge >= 0.3 is 0 Å². The van der Waals surface area contributed by atoms with Crippen molar-refractivity contribution in [3.05, 3.63) is 54.6 Å². The van der Waals surface area contributed by atoms with Gasteiger partial charge in [-0.25, -0.2) is 8.42 Å². The van der Waals surface area contributed by atoms with E-state index in [0.29, 0.717) is 5.69 Å². The van der Waals surface area contributed by atoms with Gasteiger partial charge in [0.15, 0.2) is 0 Å². The maximum atomic E-state index is 11.0. The minimum atomic E-state index is -3.69. The third-order valence-electron chi connectivity index (χ3n) is 2.16. The lowest BCUT2D eigenvalue weighted by Gasteiger charge is -1.96. The lowest BCUT2D eigenvalue weighted by molar-refractivity contribution is 0.609. The Morgan fingerprint density at radius 3 is 1.71 bits per heavy atom. The first kappa shape index (κ1) is 17.3. The average molecular weight is 326 g/mol. The van der Waals surface area contributed by atoms with E-state index >= 15 is 0 Å². The van der Waals surface area contributed by atoms with Crippen LogP contribution in [0.15, 0.2) is 69.7 Å². The molecular formula is C14H16ClN3O2S. The SMILES string of the molecule is CNC.O=S(=O)(Cl)c1ccc(N=Nc2ccccc2)cc1. The summed E-state index contributed by atoms with van der Waals surface area (Å²) in [5.41, 5.74) is 1.29. The number of rotatable bonds is 3. The summed E-state index contributed by atoms with van der Waals surface area (Å²) >= 11 is 0. The maximum Gasteiger partial charge on any atom is 0.261 e. The average Bonchev–Trinajstić information content (AvgIpc) is 2.47. The Labute approximate surface area is 129 Å². The number of azo groups is 1. The minimum Gasteiger partial charge on any atom is -0.323 e. The van der Waals surface area contributed by atoms with E-state index in [1.165, 1.54) is 12.1 Å². The van der Waals surface area contributed by atoms with Crippen molar-refractivity contribution in [1.29, 1.82) is 0 Å². The van der Waals surface area contributed by atoms with Crippen LogP contribution in [-0.2, 0) is 9.05 Å². The molecule has 5 nitrogen and oxygen atoms in total. The van der Waals surface area contributed by atoms with Crippen molar-refractivity contribution >= 4 is 31.1 Å². The number of halogens is 1. The van der Waals surface area contributed by atoms with Gasteiger partial charge in [-0.3, -0.25) is 0 Å². The van der Waals surface area contributed by atoms with E-state index in [9.17, 15) is 8.42 Å². The molecule has 0 bridgehead atoms. The zero-order valence-corrected chi connectivity index (χ0v) is 13.3. The molecule has 2 aromatic rings. The maximum absolute atomic E-state index is 11.0. The summed E-state index contributed by atoms with van der Waals surface area (Å²) in [6, 6.07) is 15.1. The highest BCUT2D eigenvalue weighted by atomic mass is 35.7. The van der Waals surface area contributed by atoms with Crippen LogP contribution in [0.1, 0.15) is 0 Å². The van der Waals surface area contributed by atoms with Crippen molar-refractivity contribution in [2.75, 3.05) is 14.1 Å². The van der Waals surface area contributed by atoms with Crippen LogP contribution < -0.4 is 5.32 Å². The molecule has 21 heavy (non-hydrogen) atoms. The van der Waals surface area contributed by atoms with Gasteiger partial charge in [-0.2, -0.15) is 10.2 Å². The van der Waals surface area contributed by atoms with Gasteiger partial charge in [0.25, 0.3) is 9.05 Å². The first-order chi connectivity index (χ1) is 9.97. The zero-order valence-electron chi connectivity index (χ0n) is 11.7. The van der Waals surface area contributed by atoms with Crippen molar-refractivity contribution in [3.8, 4) is 0 Å². The third-order valence-corrected chi connectivity index (χ3v) is 3.53. The Morgan fingerprint density at radius 1 is 0.857 bits per heavy atom. The van der Waals surface area contributed by atoms with E-state index in [-0.39, 0.29) is 4.90 Å². The fourth-order valence-electron chi connectivity index (χ4n) is 1.29. The summed E-state index contributed by atoms with van der Waals surface area (Å²) < 4.78 is 22.1. The summed E-state index contributed by atoms with van der Waals surface area (Å²) in [6.07, 6.45) is 0. The highest BCUT2D eigenvalue weighted by molar-refractivity contribution is 8.13. The predicted molar refractivity (Wildman–Crippen MR) is 85.1 cm³/mol. The van der Waals surface area contributed by atoms with Crippen LogP contribution in [0.5, 0.6) is 0 Å². The fraction of sp³-hybridized carbons (Fsp3) is 0.143. The molecule has 0 fully saturated rings. The molecule has 0 spiro atoms. The quantitative estimate of drug-likeness (QED) is 0.688.